The lowest BCUT2D eigenvalue weighted by Gasteiger charge is -2.24. The van der Waals surface area contributed by atoms with Gasteiger partial charge < -0.3 is 14.9 Å². The van der Waals surface area contributed by atoms with E-state index in [1.54, 1.807) is 24.3 Å². The van der Waals surface area contributed by atoms with Gasteiger partial charge in [0.2, 0.25) is 0 Å². The predicted octanol–water partition coefficient (Wildman–Crippen LogP) is 4.85. The molecule has 5 heteroatoms. The number of anilines is 1. The summed E-state index contributed by atoms with van der Waals surface area (Å²) in [4.78, 5) is 12.6. The number of aliphatic hydroxyl groups is 1. The maximum absolute atomic E-state index is 12.6. The number of aromatic hydroxyl groups is 1. The molecule has 0 aromatic heterocycles. The van der Waals surface area contributed by atoms with Gasteiger partial charge >= 0.3 is 6.09 Å². The van der Waals surface area contributed by atoms with Crippen LogP contribution in [0.25, 0.3) is 10.8 Å². The number of aliphatic hydroxyl groups excluding tert-OH is 1. The number of carbonyl (C=O) groups excluding carboxylic acids is 1. The van der Waals surface area contributed by atoms with Crippen molar-refractivity contribution in [2.75, 3.05) is 11.9 Å². The van der Waals surface area contributed by atoms with Crippen LogP contribution in [-0.4, -0.2) is 22.9 Å². The Hall–Kier alpha value is -3.05. The number of fused-ring (bicyclic) bond motifs is 1. The van der Waals surface area contributed by atoms with E-state index in [0.717, 1.165) is 16.3 Å². The van der Waals surface area contributed by atoms with Gasteiger partial charge in [-0.05, 0) is 41.5 Å². The fourth-order valence-corrected chi connectivity index (χ4v) is 3.12. The first kappa shape index (κ1) is 18.7. The van der Waals surface area contributed by atoms with Crippen LogP contribution in [0.1, 0.15) is 25.0 Å². The lowest BCUT2D eigenvalue weighted by molar-refractivity contribution is 0.0667. The van der Waals surface area contributed by atoms with Crippen LogP contribution in [0.15, 0.2) is 66.7 Å². The predicted molar refractivity (Wildman–Crippen MR) is 106 cm³/mol. The van der Waals surface area contributed by atoms with Crippen LogP contribution in [0.2, 0.25) is 0 Å². The molecule has 0 aliphatic heterocycles. The molecule has 0 unspecified atom stereocenters. The van der Waals surface area contributed by atoms with E-state index in [0.29, 0.717) is 12.1 Å². The number of phenols is 1. The summed E-state index contributed by atoms with van der Waals surface area (Å²) in [5.41, 5.74) is 1.44. The number of benzene rings is 3. The van der Waals surface area contributed by atoms with Gasteiger partial charge in [-0.25, -0.2) is 4.79 Å². The number of amides is 1. The molecule has 1 amide bonds. The maximum atomic E-state index is 12.6. The molecule has 0 spiro atoms. The lowest BCUT2D eigenvalue weighted by Crippen LogP contribution is -2.22. The van der Waals surface area contributed by atoms with Crippen molar-refractivity contribution in [3.63, 3.8) is 0 Å². The SMILES string of the molecule is C[C@H](CCO)[C@H](OC(=O)Nc1cccc2ccccc12)c1ccc(O)cc1. The first-order chi connectivity index (χ1) is 13.1. The van der Waals surface area contributed by atoms with Gasteiger partial charge in [0.15, 0.2) is 0 Å². The standard InChI is InChI=1S/C22H23NO4/c1-15(13-14-24)21(17-9-11-18(25)12-10-17)27-22(26)23-20-8-4-6-16-5-2-3-7-19(16)20/h2-12,15,21,24-25H,13-14H2,1H3,(H,23,26)/t15-,21+/m1/s1. The van der Waals surface area contributed by atoms with E-state index < -0.39 is 12.2 Å². The number of nitrogens with one attached hydrogen (secondary N) is 1. The van der Waals surface area contributed by atoms with E-state index in [4.69, 9.17) is 4.74 Å². The molecule has 2 atom stereocenters. The van der Waals surface area contributed by atoms with E-state index in [1.807, 2.05) is 49.4 Å². The zero-order chi connectivity index (χ0) is 19.2. The highest BCUT2D eigenvalue weighted by Gasteiger charge is 2.23. The number of phenolic OH excluding ortho intramolecular Hbond substituents is 1. The summed E-state index contributed by atoms with van der Waals surface area (Å²) in [5, 5.41) is 23.5. The highest BCUT2D eigenvalue weighted by Crippen LogP contribution is 2.30. The third kappa shape index (κ3) is 4.57. The Balaban J connectivity index is 1.80. The third-order valence-electron chi connectivity index (χ3n) is 4.58. The topological polar surface area (TPSA) is 78.8 Å². The smallest absolute Gasteiger partial charge is 0.412 e. The first-order valence-electron chi connectivity index (χ1n) is 8.93. The molecule has 0 aliphatic rings. The number of rotatable bonds is 6. The van der Waals surface area contributed by atoms with Gasteiger partial charge in [-0.1, -0.05) is 55.5 Å². The molecule has 27 heavy (non-hydrogen) atoms. The maximum Gasteiger partial charge on any atom is 0.412 e. The summed E-state index contributed by atoms with van der Waals surface area (Å²) in [6.45, 7) is 1.92. The zero-order valence-electron chi connectivity index (χ0n) is 15.1. The van der Waals surface area contributed by atoms with Crippen LogP contribution in [0.4, 0.5) is 10.5 Å². The molecular formula is C22H23NO4. The van der Waals surface area contributed by atoms with Crippen molar-refractivity contribution in [1.82, 2.24) is 0 Å². The summed E-state index contributed by atoms with van der Waals surface area (Å²) in [5.74, 6) is 0.0605. The molecule has 140 valence electrons. The van der Waals surface area contributed by atoms with Crippen molar-refractivity contribution >= 4 is 22.6 Å². The minimum absolute atomic E-state index is 0.00402. The average Bonchev–Trinajstić information content (AvgIpc) is 2.67. The van der Waals surface area contributed by atoms with Crippen molar-refractivity contribution in [1.29, 1.82) is 0 Å². The first-order valence-corrected chi connectivity index (χ1v) is 8.93. The fourth-order valence-electron chi connectivity index (χ4n) is 3.12. The molecule has 3 aromatic carbocycles. The van der Waals surface area contributed by atoms with E-state index in [9.17, 15) is 15.0 Å². The largest absolute Gasteiger partial charge is 0.508 e. The Morgan fingerprint density at radius 2 is 1.74 bits per heavy atom. The van der Waals surface area contributed by atoms with Crippen LogP contribution in [0.5, 0.6) is 5.75 Å². The summed E-state index contributed by atoms with van der Waals surface area (Å²) in [6, 6.07) is 20.0. The summed E-state index contributed by atoms with van der Waals surface area (Å²) >= 11 is 0. The normalized spacial score (nSPS) is 13.1. The van der Waals surface area contributed by atoms with Crippen molar-refractivity contribution in [2.24, 2.45) is 5.92 Å². The van der Waals surface area contributed by atoms with Gasteiger partial charge in [0, 0.05) is 12.0 Å². The van der Waals surface area contributed by atoms with Gasteiger partial charge in [0.25, 0.3) is 0 Å². The molecule has 3 aromatic rings. The molecule has 5 nitrogen and oxygen atoms in total. The molecule has 3 N–H and O–H groups in total. The molecule has 0 aliphatic carbocycles. The summed E-state index contributed by atoms with van der Waals surface area (Å²) in [7, 11) is 0. The average molecular weight is 365 g/mol. The molecule has 0 radical (unpaired) electrons. The third-order valence-corrected chi connectivity index (χ3v) is 4.58. The number of ether oxygens (including phenoxy) is 1. The highest BCUT2D eigenvalue weighted by molar-refractivity contribution is 6.00. The Morgan fingerprint density at radius 1 is 1.04 bits per heavy atom. The lowest BCUT2D eigenvalue weighted by atomic mass is 9.94. The number of carbonyl (C=O) groups is 1. The van der Waals surface area contributed by atoms with Crippen LogP contribution >= 0.6 is 0 Å². The van der Waals surface area contributed by atoms with Crippen LogP contribution in [0.3, 0.4) is 0 Å². The Bertz CT molecular complexity index is 902. The molecule has 3 rings (SSSR count). The van der Waals surface area contributed by atoms with Gasteiger partial charge in [-0.3, -0.25) is 5.32 Å². The summed E-state index contributed by atoms with van der Waals surface area (Å²) in [6.07, 6.45) is -0.602. The number of hydrogen-bond acceptors (Lipinski definition) is 4. The Labute approximate surface area is 158 Å². The molecule has 0 heterocycles. The van der Waals surface area contributed by atoms with E-state index in [1.165, 1.54) is 0 Å². The van der Waals surface area contributed by atoms with Crippen LogP contribution in [0, 0.1) is 5.92 Å². The second kappa shape index (κ2) is 8.56. The van der Waals surface area contributed by atoms with Crippen molar-refractivity contribution in [3.8, 4) is 5.75 Å². The quantitative estimate of drug-likeness (QED) is 0.583. The van der Waals surface area contributed by atoms with Crippen molar-refractivity contribution in [2.45, 2.75) is 19.4 Å². The zero-order valence-corrected chi connectivity index (χ0v) is 15.1. The van der Waals surface area contributed by atoms with Gasteiger partial charge in [0.1, 0.15) is 11.9 Å². The molecule has 0 bridgehead atoms. The summed E-state index contributed by atoms with van der Waals surface area (Å²) < 4.78 is 5.70. The van der Waals surface area contributed by atoms with Crippen molar-refractivity contribution < 1.29 is 19.7 Å². The minimum atomic E-state index is -0.561. The van der Waals surface area contributed by atoms with Gasteiger partial charge in [-0.15, -0.1) is 0 Å². The van der Waals surface area contributed by atoms with Crippen LogP contribution in [-0.2, 0) is 4.74 Å². The van der Waals surface area contributed by atoms with E-state index in [-0.39, 0.29) is 18.3 Å². The highest BCUT2D eigenvalue weighted by atomic mass is 16.6. The second-order valence-electron chi connectivity index (χ2n) is 6.56. The molecule has 0 saturated heterocycles. The van der Waals surface area contributed by atoms with Gasteiger partial charge in [0.05, 0.1) is 5.69 Å². The molecule has 0 saturated carbocycles. The molecular weight excluding hydrogens is 342 g/mol. The fraction of sp³-hybridized carbons (Fsp3) is 0.227. The van der Waals surface area contributed by atoms with Crippen LogP contribution < -0.4 is 5.32 Å². The second-order valence-corrected chi connectivity index (χ2v) is 6.56. The Kier molecular flexibility index (Phi) is 5.94. The molecule has 0 fully saturated rings. The number of hydrogen-bond donors (Lipinski definition) is 3. The monoisotopic (exact) mass is 365 g/mol. The minimum Gasteiger partial charge on any atom is -0.508 e. The van der Waals surface area contributed by atoms with E-state index in [2.05, 4.69) is 5.32 Å². The van der Waals surface area contributed by atoms with Crippen molar-refractivity contribution in [3.05, 3.63) is 72.3 Å². The van der Waals surface area contributed by atoms with E-state index >= 15 is 0 Å². The Morgan fingerprint density at radius 3 is 2.48 bits per heavy atom. The van der Waals surface area contributed by atoms with Gasteiger partial charge in [-0.2, -0.15) is 0 Å².